The van der Waals surface area contributed by atoms with E-state index in [4.69, 9.17) is 5.26 Å². The highest BCUT2D eigenvalue weighted by molar-refractivity contribution is 14.1. The molecular formula is C9H4INOS. The van der Waals surface area contributed by atoms with Crippen LogP contribution in [0.2, 0.25) is 0 Å². The average Bonchev–Trinajstić information content (AvgIpc) is 2.43. The van der Waals surface area contributed by atoms with Crippen molar-refractivity contribution < 1.29 is 5.11 Å². The molecule has 0 radical (unpaired) electrons. The summed E-state index contributed by atoms with van der Waals surface area (Å²) in [5.74, 6) is 0. The zero-order chi connectivity index (χ0) is 9.42. The van der Waals surface area contributed by atoms with Crippen molar-refractivity contribution in [3.8, 4) is 11.1 Å². The Kier molecular flexibility index (Phi) is 2.14. The largest absolute Gasteiger partial charge is 0.499 e. The fraction of sp³-hybridized carbons (Fsp3) is 0. The maximum absolute atomic E-state index is 9.27. The Hall–Kier alpha value is -0.800. The van der Waals surface area contributed by atoms with E-state index in [1.165, 1.54) is 11.3 Å². The van der Waals surface area contributed by atoms with Crippen LogP contribution >= 0.6 is 33.9 Å². The van der Waals surface area contributed by atoms with Gasteiger partial charge in [-0.2, -0.15) is 5.26 Å². The summed E-state index contributed by atoms with van der Waals surface area (Å²) in [5.41, 5.74) is 0.624. The number of aromatic hydroxyl groups is 1. The molecule has 2 aromatic rings. The molecule has 0 atom stereocenters. The SMILES string of the molecule is N#Cc1cc(I)cc2sc(O)cc12. The molecule has 64 valence electrons. The summed E-state index contributed by atoms with van der Waals surface area (Å²) in [5, 5.41) is 19.2. The number of hydrogen-bond donors (Lipinski definition) is 1. The second-order valence-corrected chi connectivity index (χ2v) is 4.87. The molecule has 0 aliphatic heterocycles. The van der Waals surface area contributed by atoms with Gasteiger partial charge in [-0.15, -0.1) is 0 Å². The number of rotatable bonds is 0. The van der Waals surface area contributed by atoms with Crippen molar-refractivity contribution in [2.75, 3.05) is 0 Å². The minimum absolute atomic E-state index is 0.258. The molecule has 0 amide bonds. The van der Waals surface area contributed by atoms with E-state index in [1.54, 1.807) is 6.07 Å². The van der Waals surface area contributed by atoms with Crippen molar-refractivity contribution >= 4 is 44.0 Å². The molecule has 1 heterocycles. The Morgan fingerprint density at radius 3 is 2.85 bits per heavy atom. The van der Waals surface area contributed by atoms with Gasteiger partial charge in [0, 0.05) is 19.7 Å². The summed E-state index contributed by atoms with van der Waals surface area (Å²) < 4.78 is 1.98. The van der Waals surface area contributed by atoms with Gasteiger partial charge in [0.2, 0.25) is 0 Å². The Morgan fingerprint density at radius 2 is 2.15 bits per heavy atom. The third-order valence-electron chi connectivity index (χ3n) is 1.71. The van der Waals surface area contributed by atoms with E-state index in [2.05, 4.69) is 28.7 Å². The first-order chi connectivity index (χ1) is 6.20. The van der Waals surface area contributed by atoms with E-state index >= 15 is 0 Å². The summed E-state index contributed by atoms with van der Waals surface area (Å²) in [6.07, 6.45) is 0. The predicted octanol–water partition coefficient (Wildman–Crippen LogP) is 3.08. The zero-order valence-corrected chi connectivity index (χ0v) is 9.39. The first-order valence-corrected chi connectivity index (χ1v) is 5.42. The molecule has 4 heteroatoms. The van der Waals surface area contributed by atoms with Gasteiger partial charge in [-0.05, 0) is 34.7 Å². The lowest BCUT2D eigenvalue weighted by Crippen LogP contribution is -1.77. The van der Waals surface area contributed by atoms with Crippen molar-refractivity contribution in [3.05, 3.63) is 27.3 Å². The molecule has 0 bridgehead atoms. The van der Waals surface area contributed by atoms with Gasteiger partial charge in [-0.1, -0.05) is 11.3 Å². The van der Waals surface area contributed by atoms with Crippen molar-refractivity contribution in [1.29, 1.82) is 5.26 Å². The number of thiophene rings is 1. The number of benzene rings is 1. The molecule has 0 fully saturated rings. The van der Waals surface area contributed by atoms with Crippen molar-refractivity contribution in [2.45, 2.75) is 0 Å². The van der Waals surface area contributed by atoms with Crippen molar-refractivity contribution in [1.82, 2.24) is 0 Å². The van der Waals surface area contributed by atoms with Crippen molar-refractivity contribution in [2.24, 2.45) is 0 Å². The first-order valence-electron chi connectivity index (χ1n) is 3.53. The summed E-state index contributed by atoms with van der Waals surface area (Å²) in [6, 6.07) is 7.52. The maximum Gasteiger partial charge on any atom is 0.172 e. The number of nitriles is 1. The summed E-state index contributed by atoms with van der Waals surface area (Å²) >= 11 is 3.46. The lowest BCUT2D eigenvalue weighted by molar-refractivity contribution is 0.491. The summed E-state index contributed by atoms with van der Waals surface area (Å²) in [7, 11) is 0. The number of halogens is 1. The van der Waals surface area contributed by atoms with Crippen LogP contribution in [0.1, 0.15) is 5.56 Å². The highest BCUT2D eigenvalue weighted by Gasteiger charge is 2.06. The number of fused-ring (bicyclic) bond motifs is 1. The average molecular weight is 301 g/mol. The summed E-state index contributed by atoms with van der Waals surface area (Å²) in [6.45, 7) is 0. The monoisotopic (exact) mass is 301 g/mol. The Morgan fingerprint density at radius 1 is 1.38 bits per heavy atom. The normalized spacial score (nSPS) is 10.2. The lowest BCUT2D eigenvalue weighted by Gasteiger charge is -1.93. The van der Waals surface area contributed by atoms with Gasteiger partial charge in [0.1, 0.15) is 0 Å². The van der Waals surface area contributed by atoms with Crippen LogP contribution in [-0.4, -0.2) is 5.11 Å². The molecule has 0 aliphatic rings. The van der Waals surface area contributed by atoms with Crippen LogP contribution < -0.4 is 0 Å². The van der Waals surface area contributed by atoms with Crippen molar-refractivity contribution in [3.63, 3.8) is 0 Å². The van der Waals surface area contributed by atoms with E-state index in [1.807, 2.05) is 12.1 Å². The Labute approximate surface area is 92.6 Å². The first kappa shape index (κ1) is 8.78. The quantitative estimate of drug-likeness (QED) is 0.760. The fourth-order valence-electron chi connectivity index (χ4n) is 1.18. The lowest BCUT2D eigenvalue weighted by atomic mass is 10.1. The molecule has 2 nitrogen and oxygen atoms in total. The van der Waals surface area contributed by atoms with Crippen LogP contribution in [0, 0.1) is 14.9 Å². The molecular weight excluding hydrogens is 297 g/mol. The second kappa shape index (κ2) is 3.16. The van der Waals surface area contributed by atoms with Crippen LogP contribution in [0.25, 0.3) is 10.1 Å². The molecule has 1 aromatic heterocycles. The highest BCUT2D eigenvalue weighted by Crippen LogP contribution is 2.33. The predicted molar refractivity (Wildman–Crippen MR) is 60.9 cm³/mol. The van der Waals surface area contributed by atoms with Crippen LogP contribution in [-0.2, 0) is 0 Å². The highest BCUT2D eigenvalue weighted by atomic mass is 127. The van der Waals surface area contributed by atoms with Gasteiger partial charge in [-0.25, -0.2) is 0 Å². The van der Waals surface area contributed by atoms with Gasteiger partial charge in [0.15, 0.2) is 5.06 Å². The smallest absolute Gasteiger partial charge is 0.172 e. The summed E-state index contributed by atoms with van der Waals surface area (Å²) in [4.78, 5) is 0. The van der Waals surface area contributed by atoms with Crippen LogP contribution in [0.15, 0.2) is 18.2 Å². The van der Waals surface area contributed by atoms with E-state index in [-0.39, 0.29) is 5.06 Å². The van der Waals surface area contributed by atoms with Crippen LogP contribution in [0.4, 0.5) is 0 Å². The molecule has 2 rings (SSSR count). The fourth-order valence-corrected chi connectivity index (χ4v) is 2.89. The van der Waals surface area contributed by atoms with E-state index < -0.39 is 0 Å². The third kappa shape index (κ3) is 1.49. The van der Waals surface area contributed by atoms with Gasteiger partial charge >= 0.3 is 0 Å². The molecule has 13 heavy (non-hydrogen) atoms. The number of nitrogens with zero attached hydrogens (tertiary/aromatic N) is 1. The van der Waals surface area contributed by atoms with E-state index in [0.717, 1.165) is 13.7 Å². The second-order valence-electron chi connectivity index (χ2n) is 2.56. The van der Waals surface area contributed by atoms with Gasteiger partial charge in [-0.3, -0.25) is 0 Å². The molecule has 1 aromatic carbocycles. The molecule has 0 aliphatic carbocycles. The topological polar surface area (TPSA) is 44.0 Å². The van der Waals surface area contributed by atoms with E-state index in [0.29, 0.717) is 5.56 Å². The molecule has 0 spiro atoms. The van der Waals surface area contributed by atoms with Gasteiger partial charge < -0.3 is 5.11 Å². The molecule has 0 saturated carbocycles. The Bertz CT molecular complexity index is 512. The van der Waals surface area contributed by atoms with Crippen LogP contribution in [0.5, 0.6) is 5.06 Å². The van der Waals surface area contributed by atoms with Gasteiger partial charge in [0.25, 0.3) is 0 Å². The molecule has 0 unspecified atom stereocenters. The maximum atomic E-state index is 9.27. The molecule has 0 saturated heterocycles. The van der Waals surface area contributed by atoms with Crippen LogP contribution in [0.3, 0.4) is 0 Å². The minimum atomic E-state index is 0.258. The molecule has 1 N–H and O–H groups in total. The minimum Gasteiger partial charge on any atom is -0.499 e. The third-order valence-corrected chi connectivity index (χ3v) is 3.22. The Balaban J connectivity index is 2.90. The van der Waals surface area contributed by atoms with E-state index in [9.17, 15) is 5.11 Å². The zero-order valence-electron chi connectivity index (χ0n) is 6.41. The van der Waals surface area contributed by atoms with Gasteiger partial charge in [0.05, 0.1) is 11.6 Å². The number of hydrogen-bond acceptors (Lipinski definition) is 3. The standard InChI is InChI=1S/C9H4INOS/c10-6-1-5(4-11)7-3-9(12)13-8(7)2-6/h1-3,12H.